The summed E-state index contributed by atoms with van der Waals surface area (Å²) in [6, 6.07) is 11.6. The van der Waals surface area contributed by atoms with E-state index in [2.05, 4.69) is 90.1 Å². The first kappa shape index (κ1) is 24.5. The molecule has 36 heavy (non-hydrogen) atoms. The summed E-state index contributed by atoms with van der Waals surface area (Å²) < 4.78 is 0. The molecule has 0 saturated heterocycles. The molecule has 1 heterocycles. The predicted octanol–water partition coefficient (Wildman–Crippen LogP) is 7.65. The standard InChI is InChI=1S/C33H33N.C2H6/c1-18-11-12-26-24(16-29(28(26)15-18)31-20(3)13-19(2)14-21(31)4)17-30-23(6)32-22(5)25-9-7-8-10-27(25)33(32)34-30;1-2/h8,10-15,17,22H,7,9,16H2,1-6H3;1-2H3/b30-17-;. The van der Waals surface area contributed by atoms with Crippen molar-refractivity contribution < 1.29 is 0 Å². The Morgan fingerprint density at radius 1 is 0.889 bits per heavy atom. The van der Waals surface area contributed by atoms with Gasteiger partial charge in [0.15, 0.2) is 0 Å². The second kappa shape index (κ2) is 9.36. The second-order valence-corrected chi connectivity index (χ2v) is 10.6. The predicted molar refractivity (Wildman–Crippen MR) is 156 cm³/mol. The van der Waals surface area contributed by atoms with E-state index in [1.807, 2.05) is 13.8 Å². The molecule has 1 aliphatic heterocycles. The molecule has 4 aliphatic rings. The Labute approximate surface area is 217 Å². The Morgan fingerprint density at radius 2 is 1.61 bits per heavy atom. The van der Waals surface area contributed by atoms with Gasteiger partial charge in [-0.15, -0.1) is 0 Å². The maximum Gasteiger partial charge on any atom is 0.0750 e. The number of fused-ring (bicyclic) bond motifs is 3. The Morgan fingerprint density at radius 3 is 2.33 bits per heavy atom. The summed E-state index contributed by atoms with van der Waals surface area (Å²) in [5.74, 6) is 0.494. The van der Waals surface area contributed by atoms with E-state index in [9.17, 15) is 0 Å². The van der Waals surface area contributed by atoms with Crippen LogP contribution in [0.15, 0.2) is 81.5 Å². The Balaban J connectivity index is 0.00000130. The van der Waals surface area contributed by atoms with Crippen molar-refractivity contribution in [3.05, 3.63) is 115 Å². The molecule has 1 unspecified atom stereocenters. The van der Waals surface area contributed by atoms with Gasteiger partial charge in [0, 0.05) is 5.92 Å². The molecule has 6 rings (SSSR count). The zero-order chi connectivity index (χ0) is 25.7. The van der Waals surface area contributed by atoms with Gasteiger partial charge in [-0.25, -0.2) is 4.99 Å². The van der Waals surface area contributed by atoms with Gasteiger partial charge in [0.25, 0.3) is 0 Å². The number of allylic oxidation sites excluding steroid dienone is 7. The van der Waals surface area contributed by atoms with Crippen molar-refractivity contribution in [3.8, 4) is 0 Å². The summed E-state index contributed by atoms with van der Waals surface area (Å²) in [6.07, 6.45) is 10.3. The molecule has 0 spiro atoms. The summed E-state index contributed by atoms with van der Waals surface area (Å²) in [7, 11) is 0. The van der Waals surface area contributed by atoms with Gasteiger partial charge >= 0.3 is 0 Å². The molecule has 1 heteroatoms. The van der Waals surface area contributed by atoms with Gasteiger partial charge in [-0.1, -0.05) is 80.0 Å². The molecule has 0 saturated carbocycles. The van der Waals surface area contributed by atoms with Gasteiger partial charge < -0.3 is 0 Å². The van der Waals surface area contributed by atoms with Crippen LogP contribution in [-0.2, 0) is 0 Å². The van der Waals surface area contributed by atoms with E-state index in [4.69, 9.17) is 4.99 Å². The fourth-order valence-corrected chi connectivity index (χ4v) is 6.73. The normalized spacial score (nSPS) is 21.1. The number of hydrogen-bond donors (Lipinski definition) is 0. The largest absolute Gasteiger partial charge is 0.248 e. The molecule has 0 N–H and O–H groups in total. The Kier molecular flexibility index (Phi) is 6.37. The van der Waals surface area contributed by atoms with Crippen molar-refractivity contribution in [3.63, 3.8) is 0 Å². The lowest BCUT2D eigenvalue weighted by molar-refractivity contribution is 0.767. The monoisotopic (exact) mass is 473 g/mol. The molecule has 0 bridgehead atoms. The van der Waals surface area contributed by atoms with E-state index in [0.717, 1.165) is 18.5 Å². The van der Waals surface area contributed by atoms with Crippen molar-refractivity contribution in [2.75, 3.05) is 0 Å². The molecule has 1 nitrogen and oxygen atoms in total. The maximum absolute atomic E-state index is 5.23. The van der Waals surface area contributed by atoms with Gasteiger partial charge in [-0.3, -0.25) is 0 Å². The molecule has 1 atom stereocenters. The second-order valence-electron chi connectivity index (χ2n) is 10.6. The van der Waals surface area contributed by atoms with Crippen LogP contribution in [0.5, 0.6) is 0 Å². The molecule has 3 aliphatic carbocycles. The van der Waals surface area contributed by atoms with Gasteiger partial charge in [0.05, 0.1) is 11.4 Å². The van der Waals surface area contributed by atoms with Crippen LogP contribution in [-0.4, -0.2) is 5.71 Å². The summed E-state index contributed by atoms with van der Waals surface area (Å²) >= 11 is 0. The first-order chi connectivity index (χ1) is 17.3. The molecule has 184 valence electrons. The van der Waals surface area contributed by atoms with Crippen molar-refractivity contribution in [1.29, 1.82) is 0 Å². The van der Waals surface area contributed by atoms with E-state index in [-0.39, 0.29) is 0 Å². The van der Waals surface area contributed by atoms with Gasteiger partial charge in [-0.2, -0.15) is 0 Å². The smallest absolute Gasteiger partial charge is 0.0750 e. The zero-order valence-corrected chi connectivity index (χ0v) is 23.3. The summed E-state index contributed by atoms with van der Waals surface area (Å²) in [5, 5.41) is 2.76. The molecular formula is C35H39N. The number of aliphatic imine (C=N–C) groups is 1. The first-order valence-electron chi connectivity index (χ1n) is 13.7. The van der Waals surface area contributed by atoms with Gasteiger partial charge in [0.2, 0.25) is 0 Å². The van der Waals surface area contributed by atoms with E-state index in [1.54, 1.807) is 5.57 Å². The number of nitrogens with zero attached hydrogens (tertiary/aromatic N) is 1. The van der Waals surface area contributed by atoms with Crippen molar-refractivity contribution >= 4 is 16.9 Å². The van der Waals surface area contributed by atoms with Crippen LogP contribution in [0, 0.1) is 33.6 Å². The number of rotatable bonds is 2. The van der Waals surface area contributed by atoms with Crippen LogP contribution in [0.2, 0.25) is 0 Å². The highest BCUT2D eigenvalue weighted by atomic mass is 14.8. The highest BCUT2D eigenvalue weighted by Gasteiger charge is 2.37. The number of hydrogen-bond acceptors (Lipinski definition) is 1. The van der Waals surface area contributed by atoms with E-state index in [0.29, 0.717) is 5.92 Å². The van der Waals surface area contributed by atoms with Crippen LogP contribution in [0.1, 0.15) is 74.8 Å². The molecule has 0 aromatic heterocycles. The number of aryl methyl sites for hydroxylation is 4. The number of benzene rings is 2. The van der Waals surface area contributed by atoms with Crippen molar-refractivity contribution in [2.24, 2.45) is 10.9 Å². The van der Waals surface area contributed by atoms with Crippen LogP contribution in [0.4, 0.5) is 0 Å². The molecule has 2 aromatic rings. The molecule has 0 fully saturated rings. The summed E-state index contributed by atoms with van der Waals surface area (Å²) in [4.78, 5) is 5.23. The molecule has 0 amide bonds. The van der Waals surface area contributed by atoms with Crippen LogP contribution in [0.25, 0.3) is 11.1 Å². The minimum absolute atomic E-state index is 0.494. The summed E-state index contributed by atoms with van der Waals surface area (Å²) in [5.41, 5.74) is 17.9. The highest BCUT2D eigenvalue weighted by Crippen LogP contribution is 2.46. The third-order valence-corrected chi connectivity index (χ3v) is 8.20. The molecule has 0 radical (unpaired) electrons. The Bertz CT molecular complexity index is 1540. The minimum atomic E-state index is 0.494. The van der Waals surface area contributed by atoms with E-state index in [1.165, 1.54) is 78.3 Å². The minimum Gasteiger partial charge on any atom is -0.248 e. The molecular weight excluding hydrogens is 434 g/mol. The van der Waals surface area contributed by atoms with Crippen molar-refractivity contribution in [1.82, 2.24) is 0 Å². The third-order valence-electron chi connectivity index (χ3n) is 8.20. The lowest BCUT2D eigenvalue weighted by Gasteiger charge is -2.14. The SMILES string of the molecule is CC.CC1=C2C(=N/C1=C\C1=c3ccc(C)cc3=C(c3c(C)cc(C)cc3C)C1)C1=C(CCC=C1)C2C. The highest BCUT2D eigenvalue weighted by molar-refractivity contribution is 6.21. The zero-order valence-electron chi connectivity index (χ0n) is 23.3. The van der Waals surface area contributed by atoms with Gasteiger partial charge in [-0.05, 0) is 115 Å². The third kappa shape index (κ3) is 3.81. The first-order valence-corrected chi connectivity index (χ1v) is 13.7. The van der Waals surface area contributed by atoms with Crippen molar-refractivity contribution in [2.45, 2.75) is 74.7 Å². The topological polar surface area (TPSA) is 12.4 Å². The maximum atomic E-state index is 5.23. The summed E-state index contributed by atoms with van der Waals surface area (Å²) in [6.45, 7) is 17.6. The quantitative estimate of drug-likeness (QED) is 0.425. The Hall–Kier alpha value is -3.19. The fraction of sp³-hybridized carbons (Fsp3) is 0.343. The van der Waals surface area contributed by atoms with Gasteiger partial charge in [0.1, 0.15) is 0 Å². The average Bonchev–Trinajstić information content (AvgIpc) is 3.46. The average molecular weight is 474 g/mol. The fourth-order valence-electron chi connectivity index (χ4n) is 6.73. The van der Waals surface area contributed by atoms with Crippen LogP contribution >= 0.6 is 0 Å². The van der Waals surface area contributed by atoms with E-state index < -0.39 is 0 Å². The van der Waals surface area contributed by atoms with Crippen LogP contribution < -0.4 is 10.4 Å². The molecule has 2 aromatic carbocycles. The lowest BCUT2D eigenvalue weighted by atomic mass is 9.90. The lowest BCUT2D eigenvalue weighted by Crippen LogP contribution is -2.24. The van der Waals surface area contributed by atoms with Crippen LogP contribution in [0.3, 0.4) is 0 Å². The van der Waals surface area contributed by atoms with E-state index >= 15 is 0 Å².